The Morgan fingerprint density at radius 3 is 2.73 bits per heavy atom. The van der Waals surface area contributed by atoms with Crippen LogP contribution < -0.4 is 5.32 Å². The molecule has 5 nitrogen and oxygen atoms in total. The van der Waals surface area contributed by atoms with E-state index in [0.29, 0.717) is 6.04 Å². The summed E-state index contributed by atoms with van der Waals surface area (Å²) < 4.78 is 0. The number of aromatic nitrogens is 1. The number of piperidine rings is 2. The van der Waals surface area contributed by atoms with Crippen LogP contribution in [0.4, 0.5) is 0 Å². The molecule has 0 spiro atoms. The van der Waals surface area contributed by atoms with E-state index in [1.165, 1.54) is 36.9 Å². The van der Waals surface area contributed by atoms with Crippen molar-refractivity contribution in [1.82, 2.24) is 20.1 Å². The quantitative estimate of drug-likeness (QED) is 0.376. The smallest absolute Gasteiger partial charge is 0.193 e. The van der Waals surface area contributed by atoms with Crippen molar-refractivity contribution in [3.05, 3.63) is 65.5 Å². The van der Waals surface area contributed by atoms with E-state index in [4.69, 9.17) is 0 Å². The largest absolute Gasteiger partial charge is 0.351 e. The Bertz CT molecular complexity index is 825. The number of aliphatic imine (C=N–C) groups is 1. The van der Waals surface area contributed by atoms with Gasteiger partial charge in [0.1, 0.15) is 0 Å². The first-order valence-electron chi connectivity index (χ1n) is 10.9. The van der Waals surface area contributed by atoms with E-state index in [1.54, 1.807) is 0 Å². The Balaban J connectivity index is 0.00000256. The van der Waals surface area contributed by atoms with E-state index in [9.17, 15) is 0 Å². The molecular weight excluding hydrogens is 485 g/mol. The highest BCUT2D eigenvalue weighted by atomic mass is 127. The molecule has 2 unspecified atom stereocenters. The number of benzene rings is 1. The van der Waals surface area contributed by atoms with E-state index in [0.717, 1.165) is 43.8 Å². The molecule has 1 aromatic heterocycles. The van der Waals surface area contributed by atoms with Crippen LogP contribution in [0.2, 0.25) is 0 Å². The minimum atomic E-state index is 0. The fourth-order valence-electron chi connectivity index (χ4n) is 4.91. The second kappa shape index (κ2) is 11.1. The highest BCUT2D eigenvalue weighted by Crippen LogP contribution is 2.31. The molecule has 0 amide bonds. The van der Waals surface area contributed by atoms with Crippen LogP contribution in [0.3, 0.4) is 0 Å². The molecule has 30 heavy (non-hydrogen) atoms. The zero-order valence-corrected chi connectivity index (χ0v) is 20.5. The first-order chi connectivity index (χ1) is 14.2. The number of rotatable bonds is 4. The summed E-state index contributed by atoms with van der Waals surface area (Å²) in [7, 11) is 1.89. The fourth-order valence-corrected chi connectivity index (χ4v) is 4.91. The average Bonchev–Trinajstić information content (AvgIpc) is 2.76. The molecule has 4 rings (SSSR count). The third kappa shape index (κ3) is 5.52. The highest BCUT2D eigenvalue weighted by molar-refractivity contribution is 14.0. The maximum atomic E-state index is 4.57. The van der Waals surface area contributed by atoms with Crippen molar-refractivity contribution in [3.8, 4) is 0 Å². The van der Waals surface area contributed by atoms with Gasteiger partial charge in [0.25, 0.3) is 0 Å². The van der Waals surface area contributed by atoms with Gasteiger partial charge in [0, 0.05) is 38.9 Å². The summed E-state index contributed by atoms with van der Waals surface area (Å²) in [6.07, 6.45) is 5.69. The van der Waals surface area contributed by atoms with Gasteiger partial charge in [0.2, 0.25) is 0 Å². The lowest BCUT2D eigenvalue weighted by molar-refractivity contribution is 0.0372. The second-order valence-corrected chi connectivity index (χ2v) is 8.33. The second-order valence-electron chi connectivity index (χ2n) is 8.33. The van der Waals surface area contributed by atoms with Crippen molar-refractivity contribution < 1.29 is 0 Å². The van der Waals surface area contributed by atoms with Gasteiger partial charge in [-0.25, -0.2) is 0 Å². The number of hydrogen-bond donors (Lipinski definition) is 1. The van der Waals surface area contributed by atoms with Crippen LogP contribution in [0.1, 0.15) is 36.1 Å². The summed E-state index contributed by atoms with van der Waals surface area (Å²) in [6.45, 7) is 7.30. The summed E-state index contributed by atoms with van der Waals surface area (Å²) in [5.41, 5.74) is 3.74. The van der Waals surface area contributed by atoms with E-state index >= 15 is 0 Å². The number of nitrogens with one attached hydrogen (secondary N) is 1. The lowest BCUT2D eigenvalue weighted by Gasteiger charge is -2.48. The van der Waals surface area contributed by atoms with Gasteiger partial charge in [-0.15, -0.1) is 24.0 Å². The molecular formula is C24H34IN5. The molecule has 2 aliphatic rings. The summed E-state index contributed by atoms with van der Waals surface area (Å²) in [5.74, 6) is 1.73. The first-order valence-corrected chi connectivity index (χ1v) is 10.9. The van der Waals surface area contributed by atoms with Crippen LogP contribution >= 0.6 is 24.0 Å². The van der Waals surface area contributed by atoms with Crippen molar-refractivity contribution in [2.75, 3.05) is 26.7 Å². The van der Waals surface area contributed by atoms with E-state index in [2.05, 4.69) is 68.4 Å². The first kappa shape index (κ1) is 23.0. The molecule has 0 radical (unpaired) electrons. The van der Waals surface area contributed by atoms with Gasteiger partial charge in [-0.3, -0.25) is 14.9 Å². The SMILES string of the molecule is CN=C(NCc1ncccc1C)N1CCC2C(CCCN2Cc2ccccc2)C1.I. The summed E-state index contributed by atoms with van der Waals surface area (Å²) in [5, 5.41) is 3.54. The lowest BCUT2D eigenvalue weighted by atomic mass is 9.83. The highest BCUT2D eigenvalue weighted by Gasteiger charge is 2.36. The van der Waals surface area contributed by atoms with Crippen molar-refractivity contribution in [2.24, 2.45) is 10.9 Å². The van der Waals surface area contributed by atoms with Gasteiger partial charge in [-0.05, 0) is 55.8 Å². The Hall–Kier alpha value is -1.67. The molecule has 0 aliphatic carbocycles. The number of nitrogens with zero attached hydrogens (tertiary/aromatic N) is 4. The summed E-state index contributed by atoms with van der Waals surface area (Å²) in [4.78, 5) is 14.2. The van der Waals surface area contributed by atoms with E-state index in [-0.39, 0.29) is 24.0 Å². The number of aryl methyl sites for hydroxylation is 1. The predicted molar refractivity (Wildman–Crippen MR) is 134 cm³/mol. The maximum Gasteiger partial charge on any atom is 0.193 e. The van der Waals surface area contributed by atoms with Crippen LogP contribution in [0.15, 0.2) is 53.7 Å². The van der Waals surface area contributed by atoms with Gasteiger partial charge >= 0.3 is 0 Å². The Kier molecular flexibility index (Phi) is 8.50. The van der Waals surface area contributed by atoms with E-state index < -0.39 is 0 Å². The monoisotopic (exact) mass is 519 g/mol. The van der Waals surface area contributed by atoms with Crippen LogP contribution in [-0.2, 0) is 13.1 Å². The van der Waals surface area contributed by atoms with Gasteiger partial charge in [0.15, 0.2) is 5.96 Å². The number of halogens is 1. The van der Waals surface area contributed by atoms with Crippen molar-refractivity contribution in [2.45, 2.75) is 45.3 Å². The minimum Gasteiger partial charge on any atom is -0.351 e. The molecule has 1 aromatic carbocycles. The molecule has 0 bridgehead atoms. The predicted octanol–water partition coefficient (Wildman–Crippen LogP) is 4.07. The molecule has 2 fully saturated rings. The van der Waals surface area contributed by atoms with Crippen molar-refractivity contribution >= 4 is 29.9 Å². The zero-order chi connectivity index (χ0) is 20.1. The van der Waals surface area contributed by atoms with Crippen LogP contribution in [0.5, 0.6) is 0 Å². The van der Waals surface area contributed by atoms with Gasteiger partial charge in [-0.2, -0.15) is 0 Å². The third-order valence-electron chi connectivity index (χ3n) is 6.45. The van der Waals surface area contributed by atoms with Gasteiger partial charge in [-0.1, -0.05) is 36.4 Å². The number of hydrogen-bond acceptors (Lipinski definition) is 3. The Morgan fingerprint density at radius 1 is 1.13 bits per heavy atom. The normalized spacial score (nSPS) is 22.2. The molecule has 2 aromatic rings. The van der Waals surface area contributed by atoms with Gasteiger partial charge < -0.3 is 10.2 Å². The van der Waals surface area contributed by atoms with Crippen molar-refractivity contribution in [3.63, 3.8) is 0 Å². The molecule has 6 heteroatoms. The number of fused-ring (bicyclic) bond motifs is 1. The number of pyridine rings is 1. The summed E-state index contributed by atoms with van der Waals surface area (Å²) >= 11 is 0. The standard InChI is InChI=1S/C24H33N5.HI/c1-19-8-6-13-26-22(19)16-27-24(25-2)29-15-12-23-21(18-29)11-7-14-28(23)17-20-9-4-3-5-10-20;/h3-6,8-10,13,21,23H,7,11-12,14-18H2,1-2H3,(H,25,27);1H. The minimum absolute atomic E-state index is 0. The molecule has 2 aliphatic heterocycles. The zero-order valence-electron chi connectivity index (χ0n) is 18.1. The maximum absolute atomic E-state index is 4.57. The Labute approximate surface area is 198 Å². The Morgan fingerprint density at radius 2 is 1.97 bits per heavy atom. The van der Waals surface area contributed by atoms with Crippen LogP contribution in [-0.4, -0.2) is 53.5 Å². The van der Waals surface area contributed by atoms with Crippen LogP contribution in [0, 0.1) is 12.8 Å². The van der Waals surface area contributed by atoms with Gasteiger partial charge in [0.05, 0.1) is 12.2 Å². The summed E-state index contributed by atoms with van der Waals surface area (Å²) in [6, 6.07) is 15.7. The fraction of sp³-hybridized carbons (Fsp3) is 0.500. The molecule has 0 saturated carbocycles. The average molecular weight is 519 g/mol. The number of likely N-dealkylation sites (tertiary alicyclic amines) is 2. The molecule has 2 atom stereocenters. The molecule has 1 N–H and O–H groups in total. The van der Waals surface area contributed by atoms with E-state index in [1.807, 2.05) is 19.3 Å². The van der Waals surface area contributed by atoms with Crippen molar-refractivity contribution in [1.29, 1.82) is 0 Å². The molecule has 3 heterocycles. The van der Waals surface area contributed by atoms with Crippen LogP contribution in [0.25, 0.3) is 0 Å². The lowest BCUT2D eigenvalue weighted by Crippen LogP contribution is -2.56. The molecule has 162 valence electrons. The molecule has 2 saturated heterocycles. The third-order valence-corrected chi connectivity index (χ3v) is 6.45. The number of guanidine groups is 1. The topological polar surface area (TPSA) is 43.8 Å².